The van der Waals surface area contributed by atoms with E-state index in [-0.39, 0.29) is 103 Å². The van der Waals surface area contributed by atoms with Crippen molar-refractivity contribution >= 4 is 116 Å². The molecule has 4 aliphatic rings. The van der Waals surface area contributed by atoms with Gasteiger partial charge in [0.15, 0.2) is 23.1 Å². The van der Waals surface area contributed by atoms with Gasteiger partial charge in [-0.25, -0.2) is 0 Å². The first kappa shape index (κ1) is 68.8. The number of rotatable bonds is 26. The highest BCUT2D eigenvalue weighted by Gasteiger charge is 2.44. The summed E-state index contributed by atoms with van der Waals surface area (Å²) in [5.41, 5.74) is 3.01. The van der Waals surface area contributed by atoms with Crippen LogP contribution < -0.4 is 10.6 Å². The Morgan fingerprint density at radius 3 is 0.730 bits per heavy atom. The molecule has 0 saturated heterocycles. The summed E-state index contributed by atoms with van der Waals surface area (Å²) in [6, 6.07) is 44.5. The van der Waals surface area contributed by atoms with Crippen molar-refractivity contribution in [1.29, 1.82) is 0 Å². The van der Waals surface area contributed by atoms with Crippen LogP contribution in [0.2, 0.25) is 0 Å². The van der Waals surface area contributed by atoms with Crippen LogP contribution in [-0.2, 0) is 64.0 Å². The Hall–Kier alpha value is -12.6. The standard InChI is InChI=1S/2C38H31N3O9/c2*1-21(42)30(17-23-10-6-3-7-11-23)39-31(44)20-41-36(47)28-14-12-26-32-27(13-15-29(33(28)32)37(41)48)35(46)40(34(26)45)19-25(43)18-24(38(49)50)16-22-8-4-2-5-9-22/h2*2-15,24,30H,16-20H2,1H3,(H,39,44)(H,49,50)/t24-,30+;/m1./s1. The largest absolute Gasteiger partial charge is 0.481 e. The first-order chi connectivity index (χ1) is 47.9. The van der Waals surface area contributed by atoms with E-state index < -0.39 is 146 Å². The summed E-state index contributed by atoms with van der Waals surface area (Å²) in [6.07, 6.45) is -0.209. The second kappa shape index (κ2) is 29.0. The van der Waals surface area contributed by atoms with Crippen LogP contribution in [0.3, 0.4) is 0 Å². The van der Waals surface area contributed by atoms with Crippen molar-refractivity contribution in [2.75, 3.05) is 26.2 Å². The van der Waals surface area contributed by atoms with Crippen LogP contribution in [-0.4, -0.2) is 162 Å². The Kier molecular flexibility index (Phi) is 19.9. The number of ketones is 4. The third-order valence-electron chi connectivity index (χ3n) is 17.9. The molecule has 0 radical (unpaired) electrons. The molecule has 4 heterocycles. The van der Waals surface area contributed by atoms with Crippen LogP contribution in [0.15, 0.2) is 170 Å². The highest BCUT2D eigenvalue weighted by atomic mass is 16.4. The molecule has 0 aromatic heterocycles. The van der Waals surface area contributed by atoms with Crippen LogP contribution in [0.4, 0.5) is 0 Å². The van der Waals surface area contributed by atoms with Crippen LogP contribution in [0.25, 0.3) is 21.5 Å². The van der Waals surface area contributed by atoms with E-state index in [9.17, 15) is 86.9 Å². The molecule has 10 amide bonds. The fourth-order valence-electron chi connectivity index (χ4n) is 12.9. The third-order valence-corrected chi connectivity index (χ3v) is 17.9. The molecule has 4 aliphatic heterocycles. The zero-order valence-electron chi connectivity index (χ0n) is 53.8. The van der Waals surface area contributed by atoms with Crippen molar-refractivity contribution in [1.82, 2.24) is 30.2 Å². The number of Topliss-reactive ketones (excluding diaryl/α,β-unsaturated/α-hetero) is 4. The van der Waals surface area contributed by atoms with Crippen molar-refractivity contribution in [3.63, 3.8) is 0 Å². The maximum atomic E-state index is 13.6. The quantitative estimate of drug-likeness (QED) is 0.0420. The smallest absolute Gasteiger partial charge is 0.307 e. The maximum absolute atomic E-state index is 13.6. The van der Waals surface area contributed by atoms with Gasteiger partial charge in [0.05, 0.1) is 37.0 Å². The van der Waals surface area contributed by atoms with Crippen molar-refractivity contribution in [2.24, 2.45) is 11.8 Å². The maximum Gasteiger partial charge on any atom is 0.307 e. The van der Waals surface area contributed by atoms with E-state index in [1.165, 1.54) is 62.4 Å². The van der Waals surface area contributed by atoms with E-state index in [1.54, 1.807) is 84.9 Å². The van der Waals surface area contributed by atoms with Gasteiger partial charge in [-0.2, -0.15) is 0 Å². The van der Waals surface area contributed by atoms with Gasteiger partial charge in [-0.05, 0) is 110 Å². The van der Waals surface area contributed by atoms with Crippen molar-refractivity contribution < 1.29 is 86.9 Å². The number of nitrogens with zero attached hydrogens (tertiary/aromatic N) is 4. The van der Waals surface area contributed by atoms with E-state index in [2.05, 4.69) is 10.6 Å². The van der Waals surface area contributed by atoms with Gasteiger partial charge in [-0.15, -0.1) is 0 Å². The molecule has 24 heteroatoms. The fraction of sp³-hybridized carbons (Fsp3) is 0.211. The lowest BCUT2D eigenvalue weighted by Crippen LogP contribution is -2.50. The van der Waals surface area contributed by atoms with Gasteiger partial charge in [-0.1, -0.05) is 121 Å². The molecule has 8 aromatic carbocycles. The van der Waals surface area contributed by atoms with Crippen LogP contribution in [0.5, 0.6) is 0 Å². The summed E-state index contributed by atoms with van der Waals surface area (Å²) < 4.78 is 0. The summed E-state index contributed by atoms with van der Waals surface area (Å²) >= 11 is 0. The summed E-state index contributed by atoms with van der Waals surface area (Å²) in [6.45, 7) is 0.00526. The highest BCUT2D eigenvalue weighted by molar-refractivity contribution is 6.35. The predicted octanol–water partition coefficient (Wildman–Crippen LogP) is 6.50. The lowest BCUT2D eigenvalue weighted by atomic mass is 9.85. The van der Waals surface area contributed by atoms with Gasteiger partial charge in [0, 0.05) is 78.9 Å². The number of benzene rings is 8. The van der Waals surface area contributed by atoms with Crippen molar-refractivity contribution in [3.8, 4) is 0 Å². The van der Waals surface area contributed by atoms with Gasteiger partial charge in [0.2, 0.25) is 11.8 Å². The number of carbonyl (C=O) groups is 16. The Labute approximate surface area is 569 Å². The number of nitrogens with one attached hydrogen (secondary N) is 2. The Morgan fingerprint density at radius 1 is 0.310 bits per heavy atom. The predicted molar refractivity (Wildman–Crippen MR) is 357 cm³/mol. The van der Waals surface area contributed by atoms with Crippen LogP contribution >= 0.6 is 0 Å². The number of carbonyl (C=O) groups excluding carboxylic acids is 14. The van der Waals surface area contributed by atoms with Crippen LogP contribution in [0, 0.1) is 11.8 Å². The molecule has 4 atom stereocenters. The average molecular weight is 1350 g/mol. The molecule has 0 saturated carbocycles. The fourth-order valence-corrected chi connectivity index (χ4v) is 12.9. The Balaban J connectivity index is 0.000000202. The summed E-state index contributed by atoms with van der Waals surface area (Å²) in [7, 11) is 0. The number of carboxylic acid groups (broad SMARTS) is 2. The second-order valence-electron chi connectivity index (χ2n) is 24.7. The molecule has 504 valence electrons. The molecule has 2 unspecified atom stereocenters. The van der Waals surface area contributed by atoms with Gasteiger partial charge in [0.25, 0.3) is 47.3 Å². The molecular formula is C76H62N6O18. The molecule has 0 spiro atoms. The summed E-state index contributed by atoms with van der Waals surface area (Å²) in [5, 5.41) is 25.0. The van der Waals surface area contributed by atoms with Crippen molar-refractivity contribution in [2.45, 2.75) is 64.5 Å². The number of hydrogen-bond donors (Lipinski definition) is 4. The molecule has 0 fully saturated rings. The first-order valence-electron chi connectivity index (χ1n) is 31.8. The van der Waals surface area contributed by atoms with E-state index in [0.29, 0.717) is 0 Å². The first-order valence-corrected chi connectivity index (χ1v) is 31.8. The summed E-state index contributed by atoms with van der Waals surface area (Å²) in [4.78, 5) is 213. The molecular weight excluding hydrogens is 1280 g/mol. The van der Waals surface area contributed by atoms with Gasteiger partial charge in [0.1, 0.15) is 13.1 Å². The minimum Gasteiger partial charge on any atom is -0.481 e. The molecule has 12 rings (SSSR count). The monoisotopic (exact) mass is 1350 g/mol. The number of aliphatic carboxylic acids is 2. The molecule has 24 nitrogen and oxygen atoms in total. The number of hydrogen-bond acceptors (Lipinski definition) is 16. The SMILES string of the molecule is CC(=O)C(Cc1ccccc1)NC(=O)CN1C(=O)c2ccc3c4c(ccc(c24)C1=O)C(=O)N(CC(=O)CC(Cc1ccccc1)C(=O)O)C3=O.CC(=O)[C@H](Cc1ccccc1)NC(=O)CN1C(=O)c2ccc3c4c(ccc(c24)C1=O)C(=O)N(CC(=O)C[C@@H](Cc1ccccc1)C(=O)O)C3=O. The van der Waals surface area contributed by atoms with Gasteiger partial charge >= 0.3 is 11.9 Å². The average Bonchev–Trinajstić information content (AvgIpc) is 0.720. The lowest BCUT2D eigenvalue weighted by molar-refractivity contribution is -0.144. The van der Waals surface area contributed by atoms with Crippen LogP contribution in [0.1, 0.15) is 132 Å². The van der Waals surface area contributed by atoms with E-state index in [4.69, 9.17) is 0 Å². The van der Waals surface area contributed by atoms with E-state index >= 15 is 0 Å². The molecule has 4 N–H and O–H groups in total. The normalized spacial score (nSPS) is 14.8. The second-order valence-corrected chi connectivity index (χ2v) is 24.7. The number of carboxylic acids is 2. The topological polar surface area (TPSA) is 351 Å². The Morgan fingerprint density at radius 2 is 0.520 bits per heavy atom. The minimum atomic E-state index is -1.19. The zero-order chi connectivity index (χ0) is 71.4. The molecule has 0 aliphatic carbocycles. The number of amides is 10. The van der Waals surface area contributed by atoms with Gasteiger partial charge in [-0.3, -0.25) is 96.3 Å². The highest BCUT2D eigenvalue weighted by Crippen LogP contribution is 2.40. The summed E-state index contributed by atoms with van der Waals surface area (Å²) in [5.74, 6) is -14.4. The zero-order valence-corrected chi connectivity index (χ0v) is 53.8. The van der Waals surface area contributed by atoms with E-state index in [0.717, 1.165) is 41.9 Å². The minimum absolute atomic E-state index is 0.00394. The van der Waals surface area contributed by atoms with Gasteiger partial charge < -0.3 is 20.8 Å². The van der Waals surface area contributed by atoms with Crippen molar-refractivity contribution in [3.05, 3.63) is 237 Å². The molecule has 8 aromatic rings. The van der Waals surface area contributed by atoms with E-state index in [1.807, 2.05) is 36.4 Å². The molecule has 100 heavy (non-hydrogen) atoms. The third kappa shape index (κ3) is 14.1. The number of imide groups is 4. The Bertz CT molecular complexity index is 4080. The molecule has 0 bridgehead atoms. The lowest BCUT2D eigenvalue weighted by Gasteiger charge is -2.31.